The molecule has 2 unspecified atom stereocenters. The van der Waals surface area contributed by atoms with Crippen molar-refractivity contribution in [3.8, 4) is 0 Å². The van der Waals surface area contributed by atoms with E-state index in [1.54, 1.807) is 13.2 Å². The molecule has 1 N–H and O–H groups in total. The van der Waals surface area contributed by atoms with Gasteiger partial charge in [-0.15, -0.1) is 0 Å². The van der Waals surface area contributed by atoms with E-state index in [4.69, 9.17) is 9.47 Å². The molecule has 0 bridgehead atoms. The molecule has 17 heavy (non-hydrogen) atoms. The van der Waals surface area contributed by atoms with Crippen LogP contribution in [0.4, 0.5) is 5.69 Å². The number of methoxy groups -OCH3 is 2. The Hall–Kier alpha value is -1.55. The summed E-state index contributed by atoms with van der Waals surface area (Å²) in [5.74, 6) is -0.342. The number of nitrogens with one attached hydrogen (secondary N) is 1. The lowest BCUT2D eigenvalue weighted by atomic mass is 10.1. The van der Waals surface area contributed by atoms with Crippen molar-refractivity contribution in [2.75, 3.05) is 19.5 Å². The van der Waals surface area contributed by atoms with Gasteiger partial charge in [0.05, 0.1) is 18.8 Å². The Balaban J connectivity index is 2.87. The SMILES string of the molecule is COC(=O)c1ccccc1NC(C)C(C)OC. The third-order valence-electron chi connectivity index (χ3n) is 2.79. The first-order valence-electron chi connectivity index (χ1n) is 5.56. The first-order valence-corrected chi connectivity index (χ1v) is 5.56. The van der Waals surface area contributed by atoms with Crippen LogP contribution in [-0.4, -0.2) is 32.3 Å². The number of para-hydroxylation sites is 1. The van der Waals surface area contributed by atoms with Gasteiger partial charge in [0, 0.05) is 18.8 Å². The van der Waals surface area contributed by atoms with E-state index < -0.39 is 0 Å². The van der Waals surface area contributed by atoms with E-state index in [1.807, 2.05) is 32.0 Å². The van der Waals surface area contributed by atoms with E-state index in [0.29, 0.717) is 5.56 Å². The van der Waals surface area contributed by atoms with Crippen molar-refractivity contribution in [1.82, 2.24) is 0 Å². The van der Waals surface area contributed by atoms with Gasteiger partial charge in [0.15, 0.2) is 0 Å². The highest BCUT2D eigenvalue weighted by Gasteiger charge is 2.15. The van der Waals surface area contributed by atoms with E-state index in [0.717, 1.165) is 5.69 Å². The monoisotopic (exact) mass is 237 g/mol. The Bertz CT molecular complexity index is 379. The maximum absolute atomic E-state index is 11.6. The zero-order valence-electron chi connectivity index (χ0n) is 10.7. The minimum absolute atomic E-state index is 0.0562. The van der Waals surface area contributed by atoms with E-state index in [-0.39, 0.29) is 18.1 Å². The van der Waals surface area contributed by atoms with Crippen LogP contribution in [0.3, 0.4) is 0 Å². The second-order valence-electron chi connectivity index (χ2n) is 3.91. The summed E-state index contributed by atoms with van der Waals surface area (Å²) in [6, 6.07) is 7.37. The zero-order valence-corrected chi connectivity index (χ0v) is 10.7. The number of ether oxygens (including phenoxy) is 2. The lowest BCUT2D eigenvalue weighted by molar-refractivity contribution is 0.0601. The number of hydrogen-bond donors (Lipinski definition) is 1. The summed E-state index contributed by atoms with van der Waals surface area (Å²) in [4.78, 5) is 11.6. The largest absolute Gasteiger partial charge is 0.465 e. The Labute approximate surface area is 102 Å². The van der Waals surface area contributed by atoms with Crippen LogP contribution in [0, 0.1) is 0 Å². The van der Waals surface area contributed by atoms with Crippen molar-refractivity contribution in [3.63, 3.8) is 0 Å². The molecule has 1 aromatic carbocycles. The third kappa shape index (κ3) is 3.46. The minimum Gasteiger partial charge on any atom is -0.465 e. The summed E-state index contributed by atoms with van der Waals surface area (Å²) in [7, 11) is 3.04. The highest BCUT2D eigenvalue weighted by atomic mass is 16.5. The van der Waals surface area contributed by atoms with Gasteiger partial charge in [-0.1, -0.05) is 12.1 Å². The molecule has 0 saturated carbocycles. The van der Waals surface area contributed by atoms with Gasteiger partial charge < -0.3 is 14.8 Å². The summed E-state index contributed by atoms with van der Waals surface area (Å²) in [6.45, 7) is 3.97. The van der Waals surface area contributed by atoms with Gasteiger partial charge in [0.25, 0.3) is 0 Å². The molecule has 4 nitrogen and oxygen atoms in total. The first kappa shape index (κ1) is 13.5. The van der Waals surface area contributed by atoms with Crippen molar-refractivity contribution in [3.05, 3.63) is 29.8 Å². The van der Waals surface area contributed by atoms with E-state index in [2.05, 4.69) is 5.32 Å². The van der Waals surface area contributed by atoms with Crippen molar-refractivity contribution in [2.45, 2.75) is 26.0 Å². The van der Waals surface area contributed by atoms with Gasteiger partial charge in [-0.25, -0.2) is 4.79 Å². The molecule has 0 fully saturated rings. The number of benzene rings is 1. The van der Waals surface area contributed by atoms with Gasteiger partial charge in [-0.2, -0.15) is 0 Å². The van der Waals surface area contributed by atoms with Crippen molar-refractivity contribution in [1.29, 1.82) is 0 Å². The van der Waals surface area contributed by atoms with Crippen LogP contribution >= 0.6 is 0 Å². The number of esters is 1. The van der Waals surface area contributed by atoms with Crippen molar-refractivity contribution >= 4 is 11.7 Å². The predicted octanol–water partition coefficient (Wildman–Crippen LogP) is 2.31. The van der Waals surface area contributed by atoms with Gasteiger partial charge in [0.2, 0.25) is 0 Å². The van der Waals surface area contributed by atoms with Crippen LogP contribution in [0.15, 0.2) is 24.3 Å². The quantitative estimate of drug-likeness (QED) is 0.798. The molecular formula is C13H19NO3. The van der Waals surface area contributed by atoms with Crippen LogP contribution in [-0.2, 0) is 9.47 Å². The summed E-state index contributed by atoms with van der Waals surface area (Å²) in [5.41, 5.74) is 1.29. The van der Waals surface area contributed by atoms with E-state index in [1.165, 1.54) is 7.11 Å². The van der Waals surface area contributed by atoms with Gasteiger partial charge in [-0.05, 0) is 26.0 Å². The maximum atomic E-state index is 11.6. The van der Waals surface area contributed by atoms with E-state index >= 15 is 0 Å². The molecule has 0 aromatic heterocycles. The second-order valence-corrected chi connectivity index (χ2v) is 3.91. The summed E-state index contributed by atoms with van der Waals surface area (Å²) < 4.78 is 9.97. The minimum atomic E-state index is -0.342. The van der Waals surface area contributed by atoms with Gasteiger partial charge >= 0.3 is 5.97 Å². The highest BCUT2D eigenvalue weighted by molar-refractivity contribution is 5.95. The molecule has 0 saturated heterocycles. The molecule has 1 rings (SSSR count). The average Bonchev–Trinajstić information content (AvgIpc) is 2.37. The smallest absolute Gasteiger partial charge is 0.339 e. The van der Waals surface area contributed by atoms with Crippen LogP contribution in [0.1, 0.15) is 24.2 Å². The number of carbonyl (C=O) groups excluding carboxylic acids is 1. The average molecular weight is 237 g/mol. The van der Waals surface area contributed by atoms with Gasteiger partial charge in [-0.3, -0.25) is 0 Å². The lowest BCUT2D eigenvalue weighted by Gasteiger charge is -2.22. The molecule has 0 aliphatic rings. The fraction of sp³-hybridized carbons (Fsp3) is 0.462. The summed E-state index contributed by atoms with van der Waals surface area (Å²) in [6.07, 6.45) is 0.0562. The fourth-order valence-corrected chi connectivity index (χ4v) is 1.46. The standard InChI is InChI=1S/C13H19NO3/c1-9(10(2)16-3)14-12-8-6-5-7-11(12)13(15)17-4/h5-10,14H,1-4H3. The van der Waals surface area contributed by atoms with Crippen molar-refractivity contribution in [2.24, 2.45) is 0 Å². The number of anilines is 1. The van der Waals surface area contributed by atoms with E-state index in [9.17, 15) is 4.79 Å². The van der Waals surface area contributed by atoms with Crippen molar-refractivity contribution < 1.29 is 14.3 Å². The lowest BCUT2D eigenvalue weighted by Crippen LogP contribution is -2.30. The molecule has 0 amide bonds. The molecule has 0 aliphatic heterocycles. The molecule has 0 heterocycles. The highest BCUT2D eigenvalue weighted by Crippen LogP contribution is 2.18. The summed E-state index contributed by atoms with van der Waals surface area (Å²) >= 11 is 0. The first-order chi connectivity index (χ1) is 8.10. The Morgan fingerprint density at radius 2 is 1.88 bits per heavy atom. The zero-order chi connectivity index (χ0) is 12.8. The molecule has 0 aliphatic carbocycles. The predicted molar refractivity (Wildman–Crippen MR) is 67.3 cm³/mol. The topological polar surface area (TPSA) is 47.6 Å². The van der Waals surface area contributed by atoms with Crippen LogP contribution in [0.5, 0.6) is 0 Å². The Morgan fingerprint density at radius 3 is 2.47 bits per heavy atom. The van der Waals surface area contributed by atoms with Gasteiger partial charge in [0.1, 0.15) is 0 Å². The van der Waals surface area contributed by atoms with Crippen LogP contribution in [0.2, 0.25) is 0 Å². The molecular weight excluding hydrogens is 218 g/mol. The summed E-state index contributed by atoms with van der Waals surface area (Å²) in [5, 5.41) is 3.25. The fourth-order valence-electron chi connectivity index (χ4n) is 1.46. The molecule has 0 radical (unpaired) electrons. The molecule has 1 aromatic rings. The van der Waals surface area contributed by atoms with Crippen LogP contribution in [0.25, 0.3) is 0 Å². The second kappa shape index (κ2) is 6.25. The molecule has 0 spiro atoms. The molecule has 4 heteroatoms. The number of carbonyl (C=O) groups is 1. The molecule has 94 valence electrons. The normalized spacial score (nSPS) is 13.9. The maximum Gasteiger partial charge on any atom is 0.339 e. The third-order valence-corrected chi connectivity index (χ3v) is 2.79. The Kier molecular flexibility index (Phi) is 4.97. The number of hydrogen-bond acceptors (Lipinski definition) is 4. The van der Waals surface area contributed by atoms with Crippen LogP contribution < -0.4 is 5.32 Å². The molecule has 2 atom stereocenters. The number of rotatable bonds is 5. The Morgan fingerprint density at radius 1 is 1.24 bits per heavy atom.